The van der Waals surface area contributed by atoms with Gasteiger partial charge in [-0.1, -0.05) is 6.92 Å². The Morgan fingerprint density at radius 1 is 1.29 bits per heavy atom. The van der Waals surface area contributed by atoms with Crippen molar-refractivity contribution in [2.24, 2.45) is 0 Å². The molecule has 0 saturated heterocycles. The van der Waals surface area contributed by atoms with Crippen LogP contribution < -0.4 is 10.5 Å². The minimum absolute atomic E-state index is 0.0630. The normalized spacial score (nSPS) is 10.0. The van der Waals surface area contributed by atoms with Crippen molar-refractivity contribution in [2.45, 2.75) is 20.3 Å². The maximum Gasteiger partial charge on any atom is 0.325 e. The Kier molecular flexibility index (Phi) is 6.52. The summed E-state index contributed by atoms with van der Waals surface area (Å²) in [5.74, 6) is -0.154. The zero-order valence-electron chi connectivity index (χ0n) is 12.7. The minimum atomic E-state index is -0.416. The van der Waals surface area contributed by atoms with Crippen molar-refractivity contribution >= 4 is 17.6 Å². The molecule has 0 aliphatic rings. The number of anilines is 1. The molecule has 0 fully saturated rings. The van der Waals surface area contributed by atoms with E-state index in [0.29, 0.717) is 30.2 Å². The molecule has 1 rings (SSSR count). The van der Waals surface area contributed by atoms with Crippen LogP contribution in [0.4, 0.5) is 5.69 Å². The van der Waals surface area contributed by atoms with Crippen LogP contribution in [0.15, 0.2) is 18.2 Å². The second-order valence-corrected chi connectivity index (χ2v) is 4.49. The van der Waals surface area contributed by atoms with Crippen molar-refractivity contribution in [1.82, 2.24) is 4.90 Å². The Bertz CT molecular complexity index is 502. The van der Waals surface area contributed by atoms with Crippen LogP contribution in [0, 0.1) is 0 Å². The first-order chi connectivity index (χ1) is 10.0. The molecular weight excluding hydrogens is 272 g/mol. The van der Waals surface area contributed by atoms with E-state index in [9.17, 15) is 9.59 Å². The molecule has 0 bridgehead atoms. The summed E-state index contributed by atoms with van der Waals surface area (Å²) in [6.45, 7) is 4.38. The van der Waals surface area contributed by atoms with Gasteiger partial charge >= 0.3 is 5.97 Å². The summed E-state index contributed by atoms with van der Waals surface area (Å²) in [6, 6.07) is 4.82. The van der Waals surface area contributed by atoms with Crippen LogP contribution in [-0.2, 0) is 9.53 Å². The molecule has 0 saturated carbocycles. The average Bonchev–Trinajstić information content (AvgIpc) is 2.46. The lowest BCUT2D eigenvalue weighted by Gasteiger charge is -2.21. The minimum Gasteiger partial charge on any atom is -0.495 e. The highest BCUT2D eigenvalue weighted by atomic mass is 16.5. The zero-order chi connectivity index (χ0) is 15.8. The molecule has 0 aliphatic carbocycles. The van der Waals surface area contributed by atoms with E-state index in [-0.39, 0.29) is 12.5 Å². The molecule has 0 spiro atoms. The number of ether oxygens (including phenoxy) is 2. The number of amides is 1. The average molecular weight is 294 g/mol. The van der Waals surface area contributed by atoms with Crippen LogP contribution >= 0.6 is 0 Å². The van der Waals surface area contributed by atoms with Crippen LogP contribution in [0.3, 0.4) is 0 Å². The molecule has 21 heavy (non-hydrogen) atoms. The largest absolute Gasteiger partial charge is 0.495 e. The molecule has 1 aromatic rings. The molecule has 116 valence electrons. The van der Waals surface area contributed by atoms with E-state index < -0.39 is 5.97 Å². The topological polar surface area (TPSA) is 81.9 Å². The fraction of sp³-hybridized carbons (Fsp3) is 0.467. The van der Waals surface area contributed by atoms with Gasteiger partial charge in [-0.25, -0.2) is 0 Å². The Balaban J connectivity index is 2.89. The highest BCUT2D eigenvalue weighted by Gasteiger charge is 2.19. The number of carbonyl (C=O) groups is 2. The maximum atomic E-state index is 12.4. The number of nitrogens with zero attached hydrogens (tertiary/aromatic N) is 1. The number of esters is 1. The predicted molar refractivity (Wildman–Crippen MR) is 80.2 cm³/mol. The number of nitrogen functional groups attached to an aromatic ring is 1. The van der Waals surface area contributed by atoms with Crippen molar-refractivity contribution in [1.29, 1.82) is 0 Å². The molecule has 6 nitrogen and oxygen atoms in total. The molecule has 0 heterocycles. The summed E-state index contributed by atoms with van der Waals surface area (Å²) >= 11 is 0. The van der Waals surface area contributed by atoms with Gasteiger partial charge in [0.25, 0.3) is 5.91 Å². The van der Waals surface area contributed by atoms with Gasteiger partial charge in [-0.05, 0) is 31.5 Å². The smallest absolute Gasteiger partial charge is 0.325 e. The molecule has 0 radical (unpaired) electrons. The van der Waals surface area contributed by atoms with Crippen molar-refractivity contribution in [3.8, 4) is 5.75 Å². The summed E-state index contributed by atoms with van der Waals surface area (Å²) in [5, 5.41) is 0. The predicted octanol–water partition coefficient (Wildman–Crippen LogP) is 1.69. The van der Waals surface area contributed by atoms with Gasteiger partial charge in [0.1, 0.15) is 12.3 Å². The van der Waals surface area contributed by atoms with Gasteiger partial charge in [0, 0.05) is 12.1 Å². The van der Waals surface area contributed by atoms with Crippen molar-refractivity contribution in [2.75, 3.05) is 32.5 Å². The summed E-state index contributed by atoms with van der Waals surface area (Å²) in [7, 11) is 1.51. The molecule has 2 N–H and O–H groups in total. The number of benzene rings is 1. The molecule has 0 unspecified atom stereocenters. The highest BCUT2D eigenvalue weighted by Crippen LogP contribution is 2.22. The van der Waals surface area contributed by atoms with Crippen molar-refractivity contribution in [3.63, 3.8) is 0 Å². The van der Waals surface area contributed by atoms with Crippen LogP contribution in [-0.4, -0.2) is 43.6 Å². The first kappa shape index (κ1) is 16.8. The second kappa shape index (κ2) is 8.14. The summed E-state index contributed by atoms with van der Waals surface area (Å²) in [5.41, 5.74) is 6.61. The van der Waals surface area contributed by atoms with Gasteiger partial charge < -0.3 is 20.1 Å². The Hall–Kier alpha value is -2.24. The molecule has 0 atom stereocenters. The lowest BCUT2D eigenvalue weighted by atomic mass is 10.1. The number of carbonyl (C=O) groups excluding carboxylic acids is 2. The molecule has 0 aromatic heterocycles. The van der Waals surface area contributed by atoms with Gasteiger partial charge in [0.15, 0.2) is 0 Å². The Labute approximate surface area is 124 Å². The van der Waals surface area contributed by atoms with Crippen LogP contribution in [0.5, 0.6) is 5.75 Å². The Morgan fingerprint density at radius 2 is 2.00 bits per heavy atom. The van der Waals surface area contributed by atoms with Gasteiger partial charge in [0.05, 0.1) is 19.4 Å². The molecule has 0 aliphatic heterocycles. The van der Waals surface area contributed by atoms with Gasteiger partial charge in [-0.2, -0.15) is 0 Å². The number of hydrogen-bond donors (Lipinski definition) is 1. The SMILES string of the molecule is CCCN(CC(=O)OCC)C(=O)c1ccc(OC)c(N)c1. The standard InChI is InChI=1S/C15H22N2O4/c1-4-8-17(10-14(18)21-5-2)15(19)11-6-7-13(20-3)12(16)9-11/h6-7,9H,4-5,8,10,16H2,1-3H3. The summed E-state index contributed by atoms with van der Waals surface area (Å²) in [6.07, 6.45) is 0.747. The monoisotopic (exact) mass is 294 g/mol. The molecule has 1 amide bonds. The van der Waals surface area contributed by atoms with Gasteiger partial charge in [-0.3, -0.25) is 9.59 Å². The quantitative estimate of drug-likeness (QED) is 0.611. The van der Waals surface area contributed by atoms with E-state index in [1.165, 1.54) is 12.0 Å². The first-order valence-electron chi connectivity index (χ1n) is 6.91. The lowest BCUT2D eigenvalue weighted by molar-refractivity contribution is -0.143. The van der Waals surface area contributed by atoms with Crippen molar-refractivity contribution < 1.29 is 19.1 Å². The fourth-order valence-corrected chi connectivity index (χ4v) is 1.93. The first-order valence-corrected chi connectivity index (χ1v) is 6.91. The maximum absolute atomic E-state index is 12.4. The van der Waals surface area contributed by atoms with E-state index in [0.717, 1.165) is 6.42 Å². The highest BCUT2D eigenvalue weighted by molar-refractivity contribution is 5.97. The lowest BCUT2D eigenvalue weighted by Crippen LogP contribution is -2.37. The number of nitrogens with two attached hydrogens (primary N) is 1. The van der Waals surface area contributed by atoms with Crippen LogP contribution in [0.1, 0.15) is 30.6 Å². The second-order valence-electron chi connectivity index (χ2n) is 4.49. The van der Waals surface area contributed by atoms with E-state index in [1.807, 2.05) is 6.92 Å². The molecule has 1 aromatic carbocycles. The Morgan fingerprint density at radius 3 is 2.52 bits per heavy atom. The zero-order valence-corrected chi connectivity index (χ0v) is 12.7. The number of rotatable bonds is 7. The van der Waals surface area contributed by atoms with Crippen LogP contribution in [0.2, 0.25) is 0 Å². The molecule has 6 heteroatoms. The fourth-order valence-electron chi connectivity index (χ4n) is 1.93. The summed E-state index contributed by atoms with van der Waals surface area (Å²) in [4.78, 5) is 25.5. The third-order valence-corrected chi connectivity index (χ3v) is 2.88. The van der Waals surface area contributed by atoms with E-state index in [2.05, 4.69) is 0 Å². The van der Waals surface area contributed by atoms with Gasteiger partial charge in [-0.15, -0.1) is 0 Å². The number of methoxy groups -OCH3 is 1. The van der Waals surface area contributed by atoms with Gasteiger partial charge in [0.2, 0.25) is 0 Å². The summed E-state index contributed by atoms with van der Waals surface area (Å²) < 4.78 is 9.95. The van der Waals surface area contributed by atoms with Crippen LogP contribution in [0.25, 0.3) is 0 Å². The van der Waals surface area contributed by atoms with E-state index >= 15 is 0 Å². The van der Waals surface area contributed by atoms with E-state index in [1.54, 1.807) is 25.1 Å². The third kappa shape index (κ3) is 4.66. The van der Waals surface area contributed by atoms with Crippen molar-refractivity contribution in [3.05, 3.63) is 23.8 Å². The molecular formula is C15H22N2O4. The van der Waals surface area contributed by atoms with E-state index in [4.69, 9.17) is 15.2 Å². The number of hydrogen-bond acceptors (Lipinski definition) is 5. The third-order valence-electron chi connectivity index (χ3n) is 2.88.